The molecule has 0 radical (unpaired) electrons. The second-order valence-corrected chi connectivity index (χ2v) is 5.35. The van der Waals surface area contributed by atoms with E-state index in [2.05, 4.69) is 29.8 Å². The number of hydrogen-bond acceptors (Lipinski definition) is 2. The van der Waals surface area contributed by atoms with E-state index >= 15 is 0 Å². The molecule has 0 fully saturated rings. The smallest absolute Gasteiger partial charge is 0.129 e. The number of ether oxygens (including phenoxy) is 1. The lowest BCUT2D eigenvalue weighted by atomic mass is 10.1. The van der Waals surface area contributed by atoms with Gasteiger partial charge >= 0.3 is 0 Å². The second-order valence-electron chi connectivity index (χ2n) is 4.00. The molecular weight excluding hydrogens is 298 g/mol. The average Bonchev–Trinajstić information content (AvgIpc) is 2.31. The number of benzene rings is 1. The van der Waals surface area contributed by atoms with E-state index < -0.39 is 0 Å². The third-order valence-corrected chi connectivity index (χ3v) is 3.55. The largest absolute Gasteiger partial charge is 0.493 e. The molecule has 17 heavy (non-hydrogen) atoms. The summed E-state index contributed by atoms with van der Waals surface area (Å²) in [4.78, 5) is 0.367. The zero-order valence-corrected chi connectivity index (χ0v) is 12.6. The molecule has 1 rings (SSSR count). The Labute approximate surface area is 117 Å². The molecule has 0 heterocycles. The Morgan fingerprint density at radius 1 is 1.41 bits per heavy atom. The summed E-state index contributed by atoms with van der Waals surface area (Å²) in [6, 6.07) is 5.73. The summed E-state index contributed by atoms with van der Waals surface area (Å²) in [6.45, 7) is 5.06. The van der Waals surface area contributed by atoms with Crippen molar-refractivity contribution in [3.63, 3.8) is 0 Å². The Bertz CT molecular complexity index is 391. The summed E-state index contributed by atoms with van der Waals surface area (Å²) >= 11 is 8.42. The fraction of sp³-hybridized carbons (Fsp3) is 0.462. The van der Waals surface area contributed by atoms with E-state index in [9.17, 15) is 0 Å². The highest BCUT2D eigenvalue weighted by molar-refractivity contribution is 9.10. The van der Waals surface area contributed by atoms with Gasteiger partial charge in [-0.15, -0.1) is 0 Å². The van der Waals surface area contributed by atoms with Gasteiger partial charge in [0.2, 0.25) is 0 Å². The van der Waals surface area contributed by atoms with E-state index in [0.29, 0.717) is 17.5 Å². The number of nitrogens with two attached hydrogens (primary N) is 1. The van der Waals surface area contributed by atoms with Crippen molar-refractivity contribution in [1.29, 1.82) is 0 Å². The topological polar surface area (TPSA) is 35.2 Å². The lowest BCUT2D eigenvalue weighted by Gasteiger charge is -2.16. The molecule has 0 saturated carbocycles. The number of hydrogen-bond donors (Lipinski definition) is 1. The summed E-state index contributed by atoms with van der Waals surface area (Å²) in [5, 5.41) is 0. The molecular formula is C13H18BrNOS. The molecule has 0 aliphatic heterocycles. The quantitative estimate of drug-likeness (QED) is 0.809. The maximum absolute atomic E-state index is 5.81. The van der Waals surface area contributed by atoms with Crippen LogP contribution in [0, 0.1) is 5.92 Å². The van der Waals surface area contributed by atoms with Gasteiger partial charge in [0.05, 0.1) is 12.2 Å². The molecule has 0 aromatic heterocycles. The Balaban J connectivity index is 2.80. The van der Waals surface area contributed by atoms with Gasteiger partial charge in [-0.3, -0.25) is 0 Å². The van der Waals surface area contributed by atoms with Gasteiger partial charge in [0, 0.05) is 4.47 Å². The van der Waals surface area contributed by atoms with Gasteiger partial charge in [-0.25, -0.2) is 0 Å². The van der Waals surface area contributed by atoms with E-state index in [4.69, 9.17) is 22.7 Å². The van der Waals surface area contributed by atoms with Crippen molar-refractivity contribution in [1.82, 2.24) is 0 Å². The van der Waals surface area contributed by atoms with Crippen LogP contribution in [-0.2, 0) is 0 Å². The molecule has 0 amide bonds. The van der Waals surface area contributed by atoms with Crippen LogP contribution in [0.1, 0.15) is 32.3 Å². The average molecular weight is 316 g/mol. The normalized spacial score (nSPS) is 10.6. The zero-order valence-electron chi connectivity index (χ0n) is 10.2. The molecule has 1 aromatic rings. The number of halogens is 1. The van der Waals surface area contributed by atoms with Gasteiger partial charge in [-0.05, 0) is 24.1 Å². The van der Waals surface area contributed by atoms with Crippen molar-refractivity contribution in [2.45, 2.75) is 26.7 Å². The van der Waals surface area contributed by atoms with Crippen LogP contribution >= 0.6 is 28.1 Å². The monoisotopic (exact) mass is 315 g/mol. The van der Waals surface area contributed by atoms with Crippen LogP contribution in [0.4, 0.5) is 0 Å². The maximum Gasteiger partial charge on any atom is 0.129 e. The standard InChI is InChI=1S/C13H18BrNOS/c1-3-9(4-2)8-16-12-6-5-10(14)7-11(12)13(15)17/h5-7,9H,3-4,8H2,1-2H3,(H2,15,17). The van der Waals surface area contributed by atoms with Crippen LogP contribution in [0.5, 0.6) is 5.75 Å². The summed E-state index contributed by atoms with van der Waals surface area (Å²) in [6.07, 6.45) is 2.24. The van der Waals surface area contributed by atoms with Crippen LogP contribution in [0.25, 0.3) is 0 Å². The fourth-order valence-corrected chi connectivity index (χ4v) is 2.07. The van der Waals surface area contributed by atoms with Crippen LogP contribution in [0.15, 0.2) is 22.7 Å². The van der Waals surface area contributed by atoms with Crippen molar-refractivity contribution < 1.29 is 4.74 Å². The third kappa shape index (κ3) is 4.28. The van der Waals surface area contributed by atoms with Crippen LogP contribution in [-0.4, -0.2) is 11.6 Å². The highest BCUT2D eigenvalue weighted by Crippen LogP contribution is 2.24. The first-order valence-electron chi connectivity index (χ1n) is 5.80. The van der Waals surface area contributed by atoms with Gasteiger partial charge in [0.1, 0.15) is 10.7 Å². The van der Waals surface area contributed by atoms with Crippen LogP contribution in [0.3, 0.4) is 0 Å². The van der Waals surface area contributed by atoms with Crippen LogP contribution in [0.2, 0.25) is 0 Å². The van der Waals surface area contributed by atoms with E-state index in [1.807, 2.05) is 18.2 Å². The molecule has 0 saturated heterocycles. The lowest BCUT2D eigenvalue weighted by Crippen LogP contribution is -2.15. The van der Waals surface area contributed by atoms with E-state index in [0.717, 1.165) is 28.6 Å². The van der Waals surface area contributed by atoms with Gasteiger partial charge < -0.3 is 10.5 Å². The first-order valence-corrected chi connectivity index (χ1v) is 7.00. The van der Waals surface area contributed by atoms with Crippen molar-refractivity contribution in [3.05, 3.63) is 28.2 Å². The molecule has 4 heteroatoms. The minimum absolute atomic E-state index is 0.367. The molecule has 2 nitrogen and oxygen atoms in total. The Kier molecular flexibility index (Phi) is 5.92. The van der Waals surface area contributed by atoms with Crippen molar-refractivity contribution in [2.75, 3.05) is 6.61 Å². The third-order valence-electron chi connectivity index (χ3n) is 2.84. The Morgan fingerprint density at radius 3 is 2.59 bits per heavy atom. The molecule has 94 valence electrons. The van der Waals surface area contributed by atoms with Gasteiger partial charge in [0.25, 0.3) is 0 Å². The molecule has 0 bridgehead atoms. The van der Waals surface area contributed by atoms with E-state index in [1.54, 1.807) is 0 Å². The fourth-order valence-electron chi connectivity index (χ4n) is 1.55. The molecule has 0 aliphatic rings. The summed E-state index contributed by atoms with van der Waals surface area (Å²) in [5.74, 6) is 1.35. The Hall–Kier alpha value is -0.610. The van der Waals surface area contributed by atoms with Gasteiger partial charge in [0.15, 0.2) is 0 Å². The van der Waals surface area contributed by atoms with Crippen molar-refractivity contribution in [3.8, 4) is 5.75 Å². The molecule has 0 atom stereocenters. The first-order chi connectivity index (χ1) is 8.08. The predicted octanol–water partition coefficient (Wildman–Crippen LogP) is 3.90. The molecule has 0 spiro atoms. The van der Waals surface area contributed by atoms with Crippen molar-refractivity contribution in [2.24, 2.45) is 11.7 Å². The minimum Gasteiger partial charge on any atom is -0.493 e. The second kappa shape index (κ2) is 6.97. The molecule has 0 unspecified atom stereocenters. The molecule has 2 N–H and O–H groups in total. The number of rotatable bonds is 6. The molecule has 1 aromatic carbocycles. The van der Waals surface area contributed by atoms with Gasteiger partial charge in [-0.2, -0.15) is 0 Å². The summed E-state index contributed by atoms with van der Waals surface area (Å²) in [7, 11) is 0. The first kappa shape index (κ1) is 14.5. The highest BCUT2D eigenvalue weighted by atomic mass is 79.9. The van der Waals surface area contributed by atoms with Crippen molar-refractivity contribution >= 4 is 33.1 Å². The van der Waals surface area contributed by atoms with E-state index in [-0.39, 0.29) is 0 Å². The maximum atomic E-state index is 5.81. The minimum atomic E-state index is 0.367. The summed E-state index contributed by atoms with van der Waals surface area (Å²) < 4.78 is 6.76. The highest BCUT2D eigenvalue weighted by Gasteiger charge is 2.10. The van der Waals surface area contributed by atoms with E-state index in [1.165, 1.54) is 0 Å². The predicted molar refractivity (Wildman–Crippen MR) is 79.6 cm³/mol. The van der Waals surface area contributed by atoms with Crippen LogP contribution < -0.4 is 10.5 Å². The Morgan fingerprint density at radius 2 is 2.06 bits per heavy atom. The molecule has 0 aliphatic carbocycles. The SMILES string of the molecule is CCC(CC)COc1ccc(Br)cc1C(N)=S. The zero-order chi connectivity index (χ0) is 12.8. The summed E-state index contributed by atoms with van der Waals surface area (Å²) in [5.41, 5.74) is 6.48. The lowest BCUT2D eigenvalue weighted by molar-refractivity contribution is 0.240. The number of thiocarbonyl (C=S) groups is 1. The van der Waals surface area contributed by atoms with Gasteiger partial charge in [-0.1, -0.05) is 54.8 Å².